The molecule has 0 aromatic heterocycles. The van der Waals surface area contributed by atoms with Crippen molar-refractivity contribution in [3.8, 4) is 0 Å². The minimum absolute atomic E-state index is 0.00610. The Morgan fingerprint density at radius 1 is 0.825 bits per heavy atom. The van der Waals surface area contributed by atoms with Crippen LogP contribution in [0.3, 0.4) is 0 Å². The Kier molecular flexibility index (Phi) is 13.0. The number of carbonyl (C=O) groups is 7. The number of fused-ring (bicyclic) bond motifs is 3. The van der Waals surface area contributed by atoms with Crippen LogP contribution in [0.1, 0.15) is 69.6 Å². The molecule has 6 amide bonds. The molecule has 0 radical (unpaired) electrons. The molecule has 15 nitrogen and oxygen atoms in total. The predicted octanol–water partition coefficient (Wildman–Crippen LogP) is 0.780. The fourth-order valence-electron chi connectivity index (χ4n) is 8.42. The van der Waals surface area contributed by atoms with Gasteiger partial charge in [-0.05, 0) is 63.5 Å². The molecule has 2 aromatic carbocycles. The highest BCUT2D eigenvalue weighted by Crippen LogP contribution is 2.29. The first kappa shape index (κ1) is 41.3. The summed E-state index contributed by atoms with van der Waals surface area (Å²) in [6, 6.07) is 9.61. The van der Waals surface area contributed by atoms with Crippen molar-refractivity contribution in [2.24, 2.45) is 5.92 Å². The van der Waals surface area contributed by atoms with E-state index in [4.69, 9.17) is 4.74 Å². The van der Waals surface area contributed by atoms with Crippen molar-refractivity contribution in [3.05, 3.63) is 71.3 Å². The first-order chi connectivity index (χ1) is 27.2. The number of nitrogens with one attached hydrogen (secondary N) is 3. The number of aliphatic hydroxyl groups excluding tert-OH is 1. The van der Waals surface area contributed by atoms with Crippen molar-refractivity contribution in [2.75, 3.05) is 19.6 Å². The van der Waals surface area contributed by atoms with Crippen molar-refractivity contribution in [1.82, 2.24) is 30.7 Å². The molecule has 4 N–H and O–H groups in total. The van der Waals surface area contributed by atoms with Gasteiger partial charge in [-0.3, -0.25) is 28.8 Å². The highest BCUT2D eigenvalue weighted by Gasteiger charge is 2.49. The van der Waals surface area contributed by atoms with Crippen molar-refractivity contribution >= 4 is 41.4 Å². The second kappa shape index (κ2) is 17.9. The summed E-state index contributed by atoms with van der Waals surface area (Å²) in [5.74, 6) is -4.37. The highest BCUT2D eigenvalue weighted by atomic mass is 16.5. The van der Waals surface area contributed by atoms with Crippen LogP contribution in [0.15, 0.2) is 54.6 Å². The quantitative estimate of drug-likeness (QED) is 0.294. The Hall–Kier alpha value is -5.31. The number of hydrogen-bond donors (Lipinski definition) is 4. The molecule has 15 heteroatoms. The van der Waals surface area contributed by atoms with Gasteiger partial charge in [0.15, 0.2) is 0 Å². The van der Waals surface area contributed by atoms with E-state index in [1.54, 1.807) is 24.3 Å². The van der Waals surface area contributed by atoms with Crippen LogP contribution in [0, 0.1) is 12.8 Å². The lowest BCUT2D eigenvalue weighted by atomic mass is 9.98. The zero-order chi connectivity index (χ0) is 41.0. The van der Waals surface area contributed by atoms with E-state index in [9.17, 15) is 38.7 Å². The number of ether oxygens (including phenoxy) is 1. The topological polar surface area (TPSA) is 195 Å². The molecular weight excluding hydrogens is 732 g/mol. The summed E-state index contributed by atoms with van der Waals surface area (Å²) in [7, 11) is 0. The van der Waals surface area contributed by atoms with Gasteiger partial charge in [0, 0.05) is 32.5 Å². The number of benzene rings is 2. The summed E-state index contributed by atoms with van der Waals surface area (Å²) in [6.07, 6.45) is -0.560. The molecule has 57 heavy (non-hydrogen) atoms. The maximum atomic E-state index is 14.7. The van der Waals surface area contributed by atoms with Gasteiger partial charge in [-0.2, -0.15) is 0 Å². The number of cyclic esters (lactones) is 1. The first-order valence-corrected chi connectivity index (χ1v) is 20.0. The van der Waals surface area contributed by atoms with Crippen LogP contribution in [0.2, 0.25) is 0 Å². The van der Waals surface area contributed by atoms with Crippen molar-refractivity contribution in [2.45, 2.75) is 121 Å². The molecule has 9 atom stereocenters. The number of piperidine rings is 1. The fourth-order valence-corrected chi connectivity index (χ4v) is 8.42. The zero-order valence-electron chi connectivity index (χ0n) is 33.0. The Balaban J connectivity index is 1.34. The van der Waals surface area contributed by atoms with Gasteiger partial charge in [0.05, 0.1) is 12.5 Å². The van der Waals surface area contributed by atoms with E-state index >= 15 is 0 Å². The van der Waals surface area contributed by atoms with E-state index in [0.717, 1.165) is 16.7 Å². The van der Waals surface area contributed by atoms with Crippen LogP contribution in [-0.4, -0.2) is 129 Å². The Morgan fingerprint density at radius 2 is 1.53 bits per heavy atom. The third-order valence-corrected chi connectivity index (χ3v) is 11.5. The molecule has 0 aliphatic carbocycles. The monoisotopic (exact) mass is 786 g/mol. The SMILES string of the molecule is Cc1ccc(CC(=O)N[C@@H](Cc2ccccc2)C(=O)N[C@@H]2C(=O)N3C[C@H](O)C[C@H]3C(=O)N3CCCC[C@H]3C(=O)N[C@@H](C)C(=O)N3C[C@H](C)C[C@H]3C(=O)O[C@H]2C)cc1. The maximum Gasteiger partial charge on any atom is 0.329 e. The average Bonchev–Trinajstić information content (AvgIpc) is 3.79. The van der Waals surface area contributed by atoms with Crippen LogP contribution >= 0.6 is 0 Å². The van der Waals surface area contributed by atoms with Crippen LogP contribution in [0.4, 0.5) is 0 Å². The van der Waals surface area contributed by atoms with Crippen LogP contribution in [-0.2, 0) is 51.1 Å². The molecule has 4 saturated heterocycles. The van der Waals surface area contributed by atoms with Gasteiger partial charge < -0.3 is 40.5 Å². The Labute approximate surface area is 332 Å². The van der Waals surface area contributed by atoms with Gasteiger partial charge in [0.25, 0.3) is 0 Å². The van der Waals surface area contributed by atoms with Gasteiger partial charge in [-0.15, -0.1) is 0 Å². The number of carbonyl (C=O) groups excluding carboxylic acids is 7. The summed E-state index contributed by atoms with van der Waals surface area (Å²) in [6.45, 7) is 7.04. The molecule has 4 aliphatic heterocycles. The van der Waals surface area contributed by atoms with Gasteiger partial charge in [0.1, 0.15) is 42.4 Å². The maximum absolute atomic E-state index is 14.7. The number of rotatable bonds is 7. The summed E-state index contributed by atoms with van der Waals surface area (Å²) >= 11 is 0. The van der Waals surface area contributed by atoms with Crippen molar-refractivity contribution < 1.29 is 43.4 Å². The predicted molar refractivity (Wildman–Crippen MR) is 207 cm³/mol. The van der Waals surface area contributed by atoms with Crippen molar-refractivity contribution in [1.29, 1.82) is 0 Å². The normalized spacial score (nSPS) is 29.1. The zero-order valence-corrected chi connectivity index (χ0v) is 33.0. The molecule has 0 spiro atoms. The van der Waals surface area contributed by atoms with E-state index in [2.05, 4.69) is 16.0 Å². The number of aryl methyl sites for hydroxylation is 1. The van der Waals surface area contributed by atoms with E-state index < -0.39 is 89.9 Å². The Morgan fingerprint density at radius 3 is 2.25 bits per heavy atom. The summed E-state index contributed by atoms with van der Waals surface area (Å²) in [5, 5.41) is 19.2. The van der Waals surface area contributed by atoms with E-state index in [-0.39, 0.29) is 51.2 Å². The van der Waals surface area contributed by atoms with Crippen LogP contribution in [0.25, 0.3) is 0 Å². The first-order valence-electron chi connectivity index (χ1n) is 20.0. The van der Waals surface area contributed by atoms with Crippen LogP contribution < -0.4 is 16.0 Å². The summed E-state index contributed by atoms with van der Waals surface area (Å²) < 4.78 is 5.93. The third kappa shape index (κ3) is 9.63. The lowest BCUT2D eigenvalue weighted by molar-refractivity contribution is -0.163. The molecule has 4 aliphatic rings. The molecule has 4 heterocycles. The van der Waals surface area contributed by atoms with Crippen LogP contribution in [0.5, 0.6) is 0 Å². The molecule has 0 saturated carbocycles. The molecule has 6 rings (SSSR count). The number of esters is 1. The molecule has 0 unspecified atom stereocenters. The lowest BCUT2D eigenvalue weighted by Crippen LogP contribution is -2.63. The molecular formula is C42H54N6O9. The average molecular weight is 787 g/mol. The van der Waals surface area contributed by atoms with Gasteiger partial charge in [0.2, 0.25) is 35.4 Å². The largest absolute Gasteiger partial charge is 0.458 e. The van der Waals surface area contributed by atoms with E-state index in [1.165, 1.54) is 28.5 Å². The number of aliphatic hydroxyl groups is 1. The Bertz CT molecular complexity index is 1840. The summed E-state index contributed by atoms with van der Waals surface area (Å²) in [5.41, 5.74) is 2.51. The summed E-state index contributed by atoms with van der Waals surface area (Å²) in [4.78, 5) is 102. The molecule has 0 bridgehead atoms. The molecule has 4 fully saturated rings. The fraction of sp³-hybridized carbons (Fsp3) is 0.548. The van der Waals surface area contributed by atoms with E-state index in [0.29, 0.717) is 19.3 Å². The standard InChI is InChI=1S/C42H54N6O9/c1-24-13-15-29(16-14-24)20-35(50)44-31(19-28-10-6-5-7-11-28)37(51)45-36-27(4)57-42(56)34-18-25(2)22-47(34)39(53)26(3)43-38(52)32-12-8-9-17-46(32)40(54)33-21-30(49)23-48(33)41(36)55/h5-7,10-11,13-16,25-27,30-34,36,49H,8-9,12,17-23H2,1-4H3,(H,43,52)(H,44,50)(H,45,51)/t25-,26+,27+,30-,31+,32+,33+,34+,36+/m1/s1. The number of hydrogen-bond acceptors (Lipinski definition) is 9. The number of nitrogens with zero attached hydrogens (tertiary/aromatic N) is 3. The smallest absolute Gasteiger partial charge is 0.329 e. The second-order valence-corrected chi connectivity index (χ2v) is 16.1. The van der Waals surface area contributed by atoms with E-state index in [1.807, 2.05) is 44.2 Å². The molecule has 306 valence electrons. The molecule has 2 aromatic rings. The second-order valence-electron chi connectivity index (χ2n) is 16.1. The van der Waals surface area contributed by atoms with Gasteiger partial charge in [-0.1, -0.05) is 67.1 Å². The lowest BCUT2D eigenvalue weighted by Gasteiger charge is -2.39. The minimum Gasteiger partial charge on any atom is -0.458 e. The highest BCUT2D eigenvalue weighted by molar-refractivity contribution is 5.98. The number of amides is 6. The van der Waals surface area contributed by atoms with Crippen molar-refractivity contribution in [3.63, 3.8) is 0 Å². The van der Waals surface area contributed by atoms with Gasteiger partial charge in [-0.25, -0.2) is 4.79 Å². The van der Waals surface area contributed by atoms with Gasteiger partial charge >= 0.3 is 5.97 Å². The minimum atomic E-state index is -1.57. The third-order valence-electron chi connectivity index (χ3n) is 11.5.